The molecule has 82 valence electrons. The molecule has 1 heterocycles. The quantitative estimate of drug-likeness (QED) is 0.751. The van der Waals surface area contributed by atoms with Gasteiger partial charge in [-0.25, -0.2) is 4.98 Å². The van der Waals surface area contributed by atoms with Crippen LogP contribution in [0.4, 0.5) is 0 Å². The van der Waals surface area contributed by atoms with E-state index >= 15 is 0 Å². The Kier molecular flexibility index (Phi) is 3.44. The number of phenolic OH excluding ortho intramolecular Hbond substituents is 1. The van der Waals surface area contributed by atoms with Gasteiger partial charge in [0.2, 0.25) is 5.89 Å². The Morgan fingerprint density at radius 2 is 1.65 bits per heavy atom. The Morgan fingerprint density at radius 1 is 0.941 bits per heavy atom. The molecule has 1 aromatic heterocycles. The van der Waals surface area contributed by atoms with Gasteiger partial charge in [-0.05, 0) is 24.3 Å². The summed E-state index contributed by atoms with van der Waals surface area (Å²) in [7, 11) is 0. The molecular formula is C13H9NO2Zr. The maximum Gasteiger partial charge on any atom is 0.231 e. The standard InChI is InChI=1S/C13H9NO2.Zr/c15-11-7-3-1-5-9(11)13-14-10-6-2-4-8-12(10)16-13;/h1-8,15H;. The monoisotopic (exact) mass is 301 g/mol. The summed E-state index contributed by atoms with van der Waals surface area (Å²) in [6.45, 7) is 0. The Morgan fingerprint density at radius 3 is 2.41 bits per heavy atom. The molecule has 4 heteroatoms. The van der Waals surface area contributed by atoms with Crippen molar-refractivity contribution in [1.29, 1.82) is 0 Å². The van der Waals surface area contributed by atoms with E-state index in [0.29, 0.717) is 11.5 Å². The van der Waals surface area contributed by atoms with Crippen molar-refractivity contribution < 1.29 is 35.7 Å². The third kappa shape index (κ3) is 2.18. The minimum atomic E-state index is 0. The van der Waals surface area contributed by atoms with Crippen molar-refractivity contribution in [2.45, 2.75) is 0 Å². The summed E-state index contributed by atoms with van der Waals surface area (Å²) < 4.78 is 5.56. The van der Waals surface area contributed by atoms with Crippen molar-refractivity contribution in [3.8, 4) is 17.2 Å². The van der Waals surface area contributed by atoms with Gasteiger partial charge in [-0.3, -0.25) is 0 Å². The van der Waals surface area contributed by atoms with Gasteiger partial charge in [0.1, 0.15) is 11.3 Å². The van der Waals surface area contributed by atoms with Gasteiger partial charge in [-0.1, -0.05) is 24.3 Å². The molecule has 0 unspecified atom stereocenters. The summed E-state index contributed by atoms with van der Waals surface area (Å²) in [5.74, 6) is 0.619. The van der Waals surface area contributed by atoms with E-state index in [0.717, 1.165) is 11.1 Å². The average molecular weight is 302 g/mol. The van der Waals surface area contributed by atoms with E-state index in [2.05, 4.69) is 4.98 Å². The summed E-state index contributed by atoms with van der Waals surface area (Å²) in [5.41, 5.74) is 2.13. The van der Waals surface area contributed by atoms with Crippen molar-refractivity contribution in [3.63, 3.8) is 0 Å². The largest absolute Gasteiger partial charge is 0.507 e. The van der Waals surface area contributed by atoms with Gasteiger partial charge in [-0.15, -0.1) is 0 Å². The Balaban J connectivity index is 0.00000108. The predicted octanol–water partition coefficient (Wildman–Crippen LogP) is 3.20. The van der Waals surface area contributed by atoms with Crippen molar-refractivity contribution in [2.24, 2.45) is 0 Å². The second-order valence-corrected chi connectivity index (χ2v) is 3.50. The number of aromatic hydroxyl groups is 1. The molecule has 17 heavy (non-hydrogen) atoms. The van der Waals surface area contributed by atoms with Gasteiger partial charge in [0.25, 0.3) is 0 Å². The molecule has 0 radical (unpaired) electrons. The van der Waals surface area contributed by atoms with Crippen LogP contribution in [0.25, 0.3) is 22.6 Å². The molecular weight excluding hydrogens is 293 g/mol. The van der Waals surface area contributed by atoms with Gasteiger partial charge < -0.3 is 9.52 Å². The van der Waals surface area contributed by atoms with Crippen LogP contribution in [0.5, 0.6) is 5.75 Å². The summed E-state index contributed by atoms with van der Waals surface area (Å²) >= 11 is 0. The minimum Gasteiger partial charge on any atom is -0.507 e. The van der Waals surface area contributed by atoms with Crippen LogP contribution in [0.3, 0.4) is 0 Å². The Labute approximate surface area is 117 Å². The second-order valence-electron chi connectivity index (χ2n) is 3.50. The van der Waals surface area contributed by atoms with Gasteiger partial charge in [0.15, 0.2) is 5.58 Å². The van der Waals surface area contributed by atoms with E-state index in [1.54, 1.807) is 18.2 Å². The number of benzene rings is 2. The third-order valence-electron chi connectivity index (χ3n) is 2.43. The maximum atomic E-state index is 9.69. The zero-order valence-corrected chi connectivity index (χ0v) is 11.4. The molecule has 0 atom stereocenters. The van der Waals surface area contributed by atoms with Crippen molar-refractivity contribution in [2.75, 3.05) is 0 Å². The molecule has 3 aromatic rings. The number of nitrogens with zero attached hydrogens (tertiary/aromatic N) is 1. The van der Waals surface area contributed by atoms with Crippen molar-refractivity contribution in [3.05, 3.63) is 48.5 Å². The number of oxazole rings is 1. The first-order valence-corrected chi connectivity index (χ1v) is 4.98. The number of hydrogen-bond acceptors (Lipinski definition) is 3. The molecule has 3 nitrogen and oxygen atoms in total. The van der Waals surface area contributed by atoms with E-state index in [1.165, 1.54) is 0 Å². The number of aromatic nitrogens is 1. The number of rotatable bonds is 1. The average Bonchev–Trinajstić information content (AvgIpc) is 2.73. The summed E-state index contributed by atoms with van der Waals surface area (Å²) in [4.78, 5) is 4.32. The van der Waals surface area contributed by atoms with Crippen LogP contribution in [-0.4, -0.2) is 10.1 Å². The number of fused-ring (bicyclic) bond motifs is 1. The van der Waals surface area contributed by atoms with Gasteiger partial charge >= 0.3 is 0 Å². The van der Waals surface area contributed by atoms with Crippen molar-refractivity contribution >= 4 is 11.1 Å². The molecule has 3 rings (SSSR count). The zero-order chi connectivity index (χ0) is 11.0. The molecule has 0 bridgehead atoms. The molecule has 0 fully saturated rings. The van der Waals surface area contributed by atoms with Crippen LogP contribution in [0.15, 0.2) is 52.9 Å². The fraction of sp³-hybridized carbons (Fsp3) is 0. The Hall–Kier alpha value is -1.41. The first kappa shape index (κ1) is 12.1. The second kappa shape index (κ2) is 4.84. The fourth-order valence-corrected chi connectivity index (χ4v) is 1.64. The third-order valence-corrected chi connectivity index (χ3v) is 2.43. The van der Waals surface area contributed by atoms with E-state index in [-0.39, 0.29) is 32.0 Å². The van der Waals surface area contributed by atoms with Crippen LogP contribution in [0.2, 0.25) is 0 Å². The van der Waals surface area contributed by atoms with Gasteiger partial charge in [0, 0.05) is 26.2 Å². The molecule has 0 aliphatic heterocycles. The number of para-hydroxylation sites is 3. The molecule has 0 spiro atoms. The molecule has 0 amide bonds. The molecule has 0 aliphatic rings. The molecule has 0 saturated carbocycles. The smallest absolute Gasteiger partial charge is 0.231 e. The Bertz CT molecular complexity index is 615. The maximum absolute atomic E-state index is 9.69. The molecule has 0 aliphatic carbocycles. The first-order chi connectivity index (χ1) is 7.84. The van der Waals surface area contributed by atoms with E-state index in [4.69, 9.17) is 4.42 Å². The van der Waals surface area contributed by atoms with Crippen LogP contribution >= 0.6 is 0 Å². The molecule has 0 saturated heterocycles. The predicted molar refractivity (Wildman–Crippen MR) is 61.1 cm³/mol. The summed E-state index contributed by atoms with van der Waals surface area (Å²) in [6, 6.07) is 14.5. The van der Waals surface area contributed by atoms with Gasteiger partial charge in [0.05, 0.1) is 5.56 Å². The van der Waals surface area contributed by atoms with E-state index < -0.39 is 0 Å². The van der Waals surface area contributed by atoms with Crippen LogP contribution in [0.1, 0.15) is 0 Å². The number of phenols is 1. The van der Waals surface area contributed by atoms with E-state index in [9.17, 15) is 5.11 Å². The minimum absolute atomic E-state index is 0. The fourth-order valence-electron chi connectivity index (χ4n) is 1.64. The normalized spacial score (nSPS) is 10.1. The van der Waals surface area contributed by atoms with Gasteiger partial charge in [-0.2, -0.15) is 0 Å². The van der Waals surface area contributed by atoms with Crippen LogP contribution in [0, 0.1) is 0 Å². The van der Waals surface area contributed by atoms with Crippen molar-refractivity contribution in [1.82, 2.24) is 4.98 Å². The number of hydrogen-bond donors (Lipinski definition) is 1. The molecule has 2 aromatic carbocycles. The molecule has 1 N–H and O–H groups in total. The first-order valence-electron chi connectivity index (χ1n) is 4.98. The summed E-state index contributed by atoms with van der Waals surface area (Å²) in [5, 5.41) is 9.69. The van der Waals surface area contributed by atoms with Crippen LogP contribution < -0.4 is 0 Å². The topological polar surface area (TPSA) is 46.3 Å². The zero-order valence-electron chi connectivity index (χ0n) is 8.92. The van der Waals surface area contributed by atoms with E-state index in [1.807, 2.05) is 30.3 Å². The SMILES string of the molecule is Oc1ccccc1-c1nc2ccccc2o1.[Zr]. The van der Waals surface area contributed by atoms with Crippen LogP contribution in [-0.2, 0) is 26.2 Å². The summed E-state index contributed by atoms with van der Waals surface area (Å²) in [6.07, 6.45) is 0.